The van der Waals surface area contributed by atoms with E-state index in [-0.39, 0.29) is 42.8 Å². The van der Waals surface area contributed by atoms with Crippen molar-refractivity contribution in [1.29, 1.82) is 0 Å². The molecule has 7 aromatic carbocycles. The van der Waals surface area contributed by atoms with Gasteiger partial charge in [0.1, 0.15) is 24.4 Å². The normalized spacial score (nSPS) is 13.8. The van der Waals surface area contributed by atoms with Crippen molar-refractivity contribution in [2.24, 2.45) is 5.92 Å². The van der Waals surface area contributed by atoms with Crippen molar-refractivity contribution in [2.45, 2.75) is 125 Å². The highest BCUT2D eigenvalue weighted by atomic mass is 32.2. The number of amides is 3. The first-order chi connectivity index (χ1) is 42.8. The van der Waals surface area contributed by atoms with Crippen molar-refractivity contribution in [2.75, 3.05) is 25.2 Å². The largest absolute Gasteiger partial charge is 0.497 e. The number of rotatable bonds is 33. The van der Waals surface area contributed by atoms with E-state index in [4.69, 9.17) is 18.6 Å². The number of carbonyl (C=O) groups is 4. The Morgan fingerprint density at radius 2 is 1.03 bits per heavy atom. The van der Waals surface area contributed by atoms with E-state index in [1.807, 2.05) is 129 Å². The number of thioether (sulfide) groups is 2. The van der Waals surface area contributed by atoms with Gasteiger partial charge in [-0.05, 0) is 94.2 Å². The highest BCUT2D eigenvalue weighted by Gasteiger charge is 2.44. The van der Waals surface area contributed by atoms with Gasteiger partial charge >= 0.3 is 5.97 Å². The van der Waals surface area contributed by atoms with Gasteiger partial charge in [-0.2, -0.15) is 0 Å². The van der Waals surface area contributed by atoms with Crippen molar-refractivity contribution in [3.63, 3.8) is 0 Å². The molecular formula is C75H89N3O8S2Si. The summed E-state index contributed by atoms with van der Waals surface area (Å²) < 4.78 is 23.1. The van der Waals surface area contributed by atoms with Crippen LogP contribution >= 0.6 is 23.5 Å². The van der Waals surface area contributed by atoms with Crippen LogP contribution in [0.1, 0.15) is 99.7 Å². The van der Waals surface area contributed by atoms with E-state index in [0.29, 0.717) is 12.2 Å². The molecule has 7 rings (SSSR count). The summed E-state index contributed by atoms with van der Waals surface area (Å²) in [5.41, 5.74) is 7.35. The average Bonchev–Trinajstić information content (AvgIpc) is 1.03. The molecule has 0 saturated carbocycles. The summed E-state index contributed by atoms with van der Waals surface area (Å²) in [5, 5.41) is 9.12. The van der Waals surface area contributed by atoms with E-state index in [1.165, 1.54) is 34.5 Å². The number of nitrogens with one attached hydrogen (secondary N) is 3. The number of benzene rings is 7. The zero-order valence-electron chi connectivity index (χ0n) is 53.1. The zero-order chi connectivity index (χ0) is 63.9. The van der Waals surface area contributed by atoms with Crippen LogP contribution in [0.25, 0.3) is 0 Å². The van der Waals surface area contributed by atoms with Crippen LogP contribution in [0.4, 0.5) is 0 Å². The molecule has 468 valence electrons. The van der Waals surface area contributed by atoms with Crippen LogP contribution in [0.15, 0.2) is 231 Å². The Hall–Kier alpha value is -7.46. The lowest BCUT2D eigenvalue weighted by Crippen LogP contribution is -2.59. The maximum absolute atomic E-state index is 15.4. The summed E-state index contributed by atoms with van der Waals surface area (Å²) in [6.07, 6.45) is 4.55. The number of hydrogen-bond donors (Lipinski definition) is 3. The topological polar surface area (TPSA) is 141 Å². The predicted molar refractivity (Wildman–Crippen MR) is 367 cm³/mol. The van der Waals surface area contributed by atoms with Crippen LogP contribution in [0.2, 0.25) is 18.1 Å². The quantitative estimate of drug-likeness (QED) is 0.0120. The minimum atomic E-state index is -2.57. The molecule has 5 atom stereocenters. The second-order valence-electron chi connectivity index (χ2n) is 24.1. The SMILES string of the molecule is C=CCOC(=O)C[C@H](O[Si](C)(C)C(C)(C)C)[C@H](NC(=O)[C@@H](CSC(c1ccccc1)(c1ccccc1)c1ccccc1)NC(=O)[C@@H](C)NC(=O)C[C@@H](/C=C/CCSC(c1ccccc1)(c1ccccc1)c1ccccc1)OCc1ccc(OC)cc1)C(C)C. The fraction of sp³-hybridized carbons (Fsp3) is 0.333. The second kappa shape index (κ2) is 33.4. The Morgan fingerprint density at radius 1 is 0.584 bits per heavy atom. The van der Waals surface area contributed by atoms with Gasteiger partial charge in [-0.3, -0.25) is 19.2 Å². The molecule has 0 saturated heterocycles. The number of esters is 1. The number of hydrogen-bond acceptors (Lipinski definition) is 10. The fourth-order valence-electron chi connectivity index (χ4n) is 10.5. The Balaban J connectivity index is 1.16. The van der Waals surface area contributed by atoms with E-state index in [2.05, 4.69) is 172 Å². The summed E-state index contributed by atoms with van der Waals surface area (Å²) >= 11 is 3.38. The molecule has 89 heavy (non-hydrogen) atoms. The van der Waals surface area contributed by atoms with Gasteiger partial charge in [-0.15, -0.1) is 23.5 Å². The molecule has 7 aromatic rings. The fourth-order valence-corrected chi connectivity index (χ4v) is 14.9. The van der Waals surface area contributed by atoms with Crippen LogP contribution in [-0.4, -0.2) is 87.6 Å². The molecule has 0 aromatic heterocycles. The third kappa shape index (κ3) is 18.8. The monoisotopic (exact) mass is 1250 g/mol. The molecule has 0 unspecified atom stereocenters. The van der Waals surface area contributed by atoms with Crippen LogP contribution in [0.3, 0.4) is 0 Å². The van der Waals surface area contributed by atoms with E-state index >= 15 is 4.79 Å². The van der Waals surface area contributed by atoms with Crippen molar-refractivity contribution in [3.05, 3.63) is 270 Å². The van der Waals surface area contributed by atoms with E-state index in [9.17, 15) is 14.4 Å². The van der Waals surface area contributed by atoms with Gasteiger partial charge < -0.3 is 34.6 Å². The third-order valence-corrected chi connectivity index (χ3v) is 24.1. The van der Waals surface area contributed by atoms with Gasteiger partial charge in [0.25, 0.3) is 0 Å². The molecule has 11 nitrogen and oxygen atoms in total. The Bertz CT molecular complexity index is 3140. The lowest BCUT2D eigenvalue weighted by atomic mass is 9.84. The summed E-state index contributed by atoms with van der Waals surface area (Å²) in [5.74, 6) is -0.606. The van der Waals surface area contributed by atoms with E-state index < -0.39 is 71.8 Å². The summed E-state index contributed by atoms with van der Waals surface area (Å²) in [7, 11) is -0.947. The van der Waals surface area contributed by atoms with Crippen LogP contribution in [-0.2, 0) is 49.2 Å². The molecule has 0 aliphatic heterocycles. The van der Waals surface area contributed by atoms with Gasteiger partial charge in [0.05, 0.1) is 54.3 Å². The lowest BCUT2D eigenvalue weighted by Gasteiger charge is -2.42. The number of methoxy groups -OCH3 is 1. The minimum Gasteiger partial charge on any atom is -0.497 e. The van der Waals surface area contributed by atoms with Crippen molar-refractivity contribution >= 4 is 55.5 Å². The maximum atomic E-state index is 15.4. The third-order valence-electron chi connectivity index (χ3n) is 16.3. The van der Waals surface area contributed by atoms with Crippen molar-refractivity contribution in [3.8, 4) is 5.75 Å². The number of ether oxygens (including phenoxy) is 3. The minimum absolute atomic E-state index is 0.0327. The molecule has 14 heteroatoms. The molecule has 0 bridgehead atoms. The van der Waals surface area contributed by atoms with Crippen LogP contribution < -0.4 is 20.7 Å². The van der Waals surface area contributed by atoms with E-state index in [1.54, 1.807) is 14.0 Å². The average molecular weight is 1250 g/mol. The summed E-state index contributed by atoms with van der Waals surface area (Å²) in [6.45, 7) is 20.1. The highest BCUT2D eigenvalue weighted by molar-refractivity contribution is 8.00. The second-order valence-corrected chi connectivity index (χ2v) is 31.4. The van der Waals surface area contributed by atoms with Crippen molar-refractivity contribution in [1.82, 2.24) is 16.0 Å². The van der Waals surface area contributed by atoms with Gasteiger partial charge in [0.2, 0.25) is 17.7 Å². The molecule has 3 N–H and O–H groups in total. The molecule has 0 heterocycles. The Morgan fingerprint density at radius 3 is 1.45 bits per heavy atom. The first-order valence-electron chi connectivity index (χ1n) is 30.7. The molecule has 3 amide bonds. The Labute approximate surface area is 538 Å². The molecular weight excluding hydrogens is 1160 g/mol. The Kier molecular flexibility index (Phi) is 25.9. The molecule has 0 aliphatic carbocycles. The molecule has 0 radical (unpaired) electrons. The molecule has 0 fully saturated rings. The maximum Gasteiger partial charge on any atom is 0.308 e. The molecule has 0 aliphatic rings. The van der Waals surface area contributed by atoms with Gasteiger partial charge in [0, 0.05) is 5.75 Å². The van der Waals surface area contributed by atoms with Gasteiger partial charge in [0.15, 0.2) is 8.32 Å². The number of allylic oxidation sites excluding steroid dienone is 1. The molecule has 0 spiro atoms. The highest BCUT2D eigenvalue weighted by Crippen LogP contribution is 2.50. The summed E-state index contributed by atoms with van der Waals surface area (Å²) in [4.78, 5) is 58.2. The summed E-state index contributed by atoms with van der Waals surface area (Å²) in [6, 6.07) is 66.9. The standard InChI is InChI=1S/C75H89N3O8S2Si/c1-11-49-84-69(80)52-67(86-89(9,10)73(5,6)7)70(55(2)3)78-72(82)66(54-88-75(61-38-24-15-25-39-61,62-40-26-16-27-41-62)63-42-28-17-29-43-63)77-71(81)56(4)76-68(79)51-65(85-53-57-45-47-64(83-8)48-46-57)44-30-31-50-87-74(58-32-18-12-19-33-58,59-34-20-13-21-35-59)60-36-22-14-23-37-60/h11-30,32-48,55-56,65-67,70H,1,31,49-54H2,2-10H3,(H,76,79)(H,77,81)(H,78,82)/b44-30+/t56-,65-,66-,67+,70-/m1/s1. The smallest absolute Gasteiger partial charge is 0.308 e. The van der Waals surface area contributed by atoms with Gasteiger partial charge in [-0.25, -0.2) is 0 Å². The van der Waals surface area contributed by atoms with Gasteiger partial charge in [-0.1, -0.05) is 254 Å². The first kappa shape index (κ1) is 69.0. The van der Waals surface area contributed by atoms with Crippen molar-refractivity contribution < 1.29 is 37.8 Å². The number of carbonyl (C=O) groups excluding carboxylic acids is 4. The van der Waals surface area contributed by atoms with E-state index in [0.717, 1.165) is 28.0 Å². The predicted octanol–water partition coefficient (Wildman–Crippen LogP) is 15.0. The lowest BCUT2D eigenvalue weighted by molar-refractivity contribution is -0.145. The van der Waals surface area contributed by atoms with Crippen LogP contribution in [0.5, 0.6) is 5.75 Å². The van der Waals surface area contributed by atoms with Crippen LogP contribution in [0, 0.1) is 5.92 Å². The first-order valence-corrected chi connectivity index (χ1v) is 35.6. The zero-order valence-corrected chi connectivity index (χ0v) is 55.7.